The maximum atomic E-state index is 10.6. The molecule has 0 aromatic heterocycles. The van der Waals surface area contributed by atoms with Crippen LogP contribution in [0.3, 0.4) is 0 Å². The lowest BCUT2D eigenvalue weighted by molar-refractivity contribution is -0.116. The average Bonchev–Trinajstić information content (AvgIpc) is 2.10. The summed E-state index contributed by atoms with van der Waals surface area (Å²) < 4.78 is 5.22. The predicted molar refractivity (Wildman–Crippen MR) is 48.9 cm³/mol. The van der Waals surface area contributed by atoms with Crippen LogP contribution in [0.1, 0.15) is 19.8 Å². The third-order valence-electron chi connectivity index (χ3n) is 1.30. The molecular formula is C9H17NO2. The fourth-order valence-electron chi connectivity index (χ4n) is 0.704. The third-order valence-corrected chi connectivity index (χ3v) is 1.30. The van der Waals surface area contributed by atoms with E-state index in [1.165, 1.54) is 6.08 Å². The van der Waals surface area contributed by atoms with Crippen LogP contribution in [0.25, 0.3) is 0 Å². The molecule has 0 saturated carbocycles. The molecule has 1 amide bonds. The van der Waals surface area contributed by atoms with Gasteiger partial charge in [0.2, 0.25) is 5.91 Å². The quantitative estimate of drug-likeness (QED) is 0.460. The first-order chi connectivity index (χ1) is 5.81. The first-order valence-corrected chi connectivity index (χ1v) is 4.29. The number of carbonyl (C=O) groups excluding carboxylic acids is 1. The van der Waals surface area contributed by atoms with Gasteiger partial charge in [0.25, 0.3) is 0 Å². The summed E-state index contributed by atoms with van der Waals surface area (Å²) in [6, 6.07) is 0. The summed E-state index contributed by atoms with van der Waals surface area (Å²) in [6.07, 6.45) is 3.17. The van der Waals surface area contributed by atoms with Crippen molar-refractivity contribution in [1.82, 2.24) is 5.32 Å². The zero-order chi connectivity index (χ0) is 9.23. The molecule has 0 aromatic carbocycles. The van der Waals surface area contributed by atoms with Crippen LogP contribution in [0.5, 0.6) is 0 Å². The van der Waals surface area contributed by atoms with E-state index in [4.69, 9.17) is 4.74 Å². The van der Waals surface area contributed by atoms with E-state index in [0.29, 0.717) is 13.2 Å². The molecule has 70 valence electrons. The Hall–Kier alpha value is -0.830. The van der Waals surface area contributed by atoms with Crippen LogP contribution >= 0.6 is 0 Å². The molecule has 0 radical (unpaired) electrons. The van der Waals surface area contributed by atoms with E-state index < -0.39 is 0 Å². The first-order valence-electron chi connectivity index (χ1n) is 4.29. The minimum absolute atomic E-state index is 0.120. The molecule has 0 spiro atoms. The van der Waals surface area contributed by atoms with Crippen molar-refractivity contribution in [3.63, 3.8) is 0 Å². The van der Waals surface area contributed by atoms with E-state index in [9.17, 15) is 4.79 Å². The number of amides is 1. The Kier molecular flexibility index (Phi) is 7.70. The smallest absolute Gasteiger partial charge is 0.243 e. The van der Waals surface area contributed by atoms with Gasteiger partial charge in [-0.15, -0.1) is 0 Å². The molecule has 3 heteroatoms. The molecule has 0 aromatic rings. The maximum Gasteiger partial charge on any atom is 0.243 e. The Bertz CT molecular complexity index is 134. The molecule has 0 aliphatic heterocycles. The molecule has 0 rings (SSSR count). The molecule has 0 atom stereocenters. The standard InChI is InChI=1S/C9H17NO2/c1-3-7-12-8-5-6-10-9(11)4-2/h4H,2-3,5-8H2,1H3,(H,10,11). The van der Waals surface area contributed by atoms with E-state index in [2.05, 4.69) is 18.8 Å². The van der Waals surface area contributed by atoms with Gasteiger partial charge in [-0.3, -0.25) is 4.79 Å². The van der Waals surface area contributed by atoms with Crippen LogP contribution in [0.4, 0.5) is 0 Å². The summed E-state index contributed by atoms with van der Waals surface area (Å²) in [5, 5.41) is 2.67. The molecule has 0 aliphatic carbocycles. The SMILES string of the molecule is C=CC(=O)NCCCOCCC. The van der Waals surface area contributed by atoms with Crippen LogP contribution in [0.2, 0.25) is 0 Å². The highest BCUT2D eigenvalue weighted by Crippen LogP contribution is 1.83. The van der Waals surface area contributed by atoms with Crippen LogP contribution < -0.4 is 5.32 Å². The lowest BCUT2D eigenvalue weighted by Crippen LogP contribution is -2.22. The van der Waals surface area contributed by atoms with Crippen molar-refractivity contribution in [3.05, 3.63) is 12.7 Å². The molecule has 0 fully saturated rings. The molecule has 3 nitrogen and oxygen atoms in total. The largest absolute Gasteiger partial charge is 0.381 e. The van der Waals surface area contributed by atoms with Gasteiger partial charge in [-0.25, -0.2) is 0 Å². The maximum absolute atomic E-state index is 10.6. The number of ether oxygens (including phenoxy) is 1. The van der Waals surface area contributed by atoms with E-state index in [1.54, 1.807) is 0 Å². The zero-order valence-corrected chi connectivity index (χ0v) is 7.64. The summed E-state index contributed by atoms with van der Waals surface area (Å²) in [6.45, 7) is 7.59. The topological polar surface area (TPSA) is 38.3 Å². The minimum Gasteiger partial charge on any atom is -0.381 e. The Morgan fingerprint density at radius 1 is 1.58 bits per heavy atom. The lowest BCUT2D eigenvalue weighted by Gasteiger charge is -2.02. The van der Waals surface area contributed by atoms with Crippen molar-refractivity contribution in [2.24, 2.45) is 0 Å². The molecular weight excluding hydrogens is 154 g/mol. The number of hydrogen-bond acceptors (Lipinski definition) is 2. The summed E-state index contributed by atoms with van der Waals surface area (Å²) in [7, 11) is 0. The highest BCUT2D eigenvalue weighted by molar-refractivity contribution is 5.86. The van der Waals surface area contributed by atoms with Crippen molar-refractivity contribution < 1.29 is 9.53 Å². The van der Waals surface area contributed by atoms with Crippen LogP contribution in [-0.2, 0) is 9.53 Å². The van der Waals surface area contributed by atoms with E-state index in [1.807, 2.05) is 0 Å². The Labute approximate surface area is 73.8 Å². The van der Waals surface area contributed by atoms with Crippen LogP contribution in [0.15, 0.2) is 12.7 Å². The van der Waals surface area contributed by atoms with Crippen molar-refractivity contribution >= 4 is 5.91 Å². The first kappa shape index (κ1) is 11.2. The molecule has 0 saturated heterocycles. The van der Waals surface area contributed by atoms with E-state index >= 15 is 0 Å². The van der Waals surface area contributed by atoms with Gasteiger partial charge in [0, 0.05) is 19.8 Å². The van der Waals surface area contributed by atoms with Gasteiger partial charge in [-0.05, 0) is 18.9 Å². The van der Waals surface area contributed by atoms with Gasteiger partial charge >= 0.3 is 0 Å². The minimum atomic E-state index is -0.120. The molecule has 0 unspecified atom stereocenters. The van der Waals surface area contributed by atoms with Gasteiger partial charge in [-0.2, -0.15) is 0 Å². The van der Waals surface area contributed by atoms with Crippen molar-refractivity contribution in [3.8, 4) is 0 Å². The number of hydrogen-bond donors (Lipinski definition) is 1. The number of rotatable bonds is 7. The van der Waals surface area contributed by atoms with Gasteiger partial charge in [-0.1, -0.05) is 13.5 Å². The highest BCUT2D eigenvalue weighted by atomic mass is 16.5. The zero-order valence-electron chi connectivity index (χ0n) is 7.64. The van der Waals surface area contributed by atoms with Crippen molar-refractivity contribution in [2.75, 3.05) is 19.8 Å². The third kappa shape index (κ3) is 7.28. The molecule has 1 N–H and O–H groups in total. The van der Waals surface area contributed by atoms with Gasteiger partial charge in [0.05, 0.1) is 0 Å². The van der Waals surface area contributed by atoms with Crippen molar-refractivity contribution in [2.45, 2.75) is 19.8 Å². The van der Waals surface area contributed by atoms with Gasteiger partial charge < -0.3 is 10.1 Å². The van der Waals surface area contributed by atoms with Gasteiger partial charge in [0.1, 0.15) is 0 Å². The fraction of sp³-hybridized carbons (Fsp3) is 0.667. The van der Waals surface area contributed by atoms with Crippen LogP contribution in [-0.4, -0.2) is 25.7 Å². The normalized spacial score (nSPS) is 9.42. The monoisotopic (exact) mass is 171 g/mol. The second kappa shape index (κ2) is 8.27. The molecule has 12 heavy (non-hydrogen) atoms. The molecule has 0 heterocycles. The Morgan fingerprint density at radius 3 is 2.92 bits per heavy atom. The second-order valence-corrected chi connectivity index (χ2v) is 2.46. The average molecular weight is 171 g/mol. The predicted octanol–water partition coefficient (Wildman–Crippen LogP) is 1.11. The lowest BCUT2D eigenvalue weighted by atomic mass is 10.4. The summed E-state index contributed by atoms with van der Waals surface area (Å²) in [5.74, 6) is -0.120. The second-order valence-electron chi connectivity index (χ2n) is 2.46. The molecule has 0 aliphatic rings. The summed E-state index contributed by atoms with van der Waals surface area (Å²) in [5.41, 5.74) is 0. The van der Waals surface area contributed by atoms with Crippen LogP contribution in [0, 0.1) is 0 Å². The summed E-state index contributed by atoms with van der Waals surface area (Å²) in [4.78, 5) is 10.6. The van der Waals surface area contributed by atoms with Crippen molar-refractivity contribution in [1.29, 1.82) is 0 Å². The fourth-order valence-corrected chi connectivity index (χ4v) is 0.704. The van der Waals surface area contributed by atoms with E-state index in [-0.39, 0.29) is 5.91 Å². The van der Waals surface area contributed by atoms with Gasteiger partial charge in [0.15, 0.2) is 0 Å². The molecule has 0 bridgehead atoms. The Balaban J connectivity index is 3.00. The Morgan fingerprint density at radius 2 is 2.33 bits per heavy atom. The number of nitrogens with one attached hydrogen (secondary N) is 1. The highest BCUT2D eigenvalue weighted by Gasteiger charge is 1.91. The number of carbonyl (C=O) groups is 1. The summed E-state index contributed by atoms with van der Waals surface area (Å²) >= 11 is 0. The van der Waals surface area contributed by atoms with E-state index in [0.717, 1.165) is 19.4 Å².